The zero-order valence-corrected chi connectivity index (χ0v) is 12.8. The molecular weight excluding hydrogens is 324 g/mol. The molecule has 20 heavy (non-hydrogen) atoms. The van der Waals surface area contributed by atoms with Gasteiger partial charge in [-0.05, 0) is 53.4 Å². The van der Waals surface area contributed by atoms with Crippen LogP contribution < -0.4 is 5.32 Å². The van der Waals surface area contributed by atoms with E-state index in [1.54, 1.807) is 4.90 Å². The number of likely N-dealkylation sites (tertiary alicyclic amines) is 1. The van der Waals surface area contributed by atoms with Gasteiger partial charge in [-0.3, -0.25) is 4.79 Å². The Morgan fingerprint density at radius 1 is 1.45 bits per heavy atom. The van der Waals surface area contributed by atoms with E-state index in [4.69, 9.17) is 5.11 Å². The molecule has 5 nitrogen and oxygen atoms in total. The quantitative estimate of drug-likeness (QED) is 0.869. The zero-order chi connectivity index (χ0) is 14.7. The molecule has 1 heterocycles. The largest absolute Gasteiger partial charge is 0.481 e. The monoisotopic (exact) mass is 340 g/mol. The molecule has 1 saturated heterocycles. The average Bonchev–Trinajstić information content (AvgIpc) is 2.43. The molecule has 1 aromatic rings. The maximum atomic E-state index is 12.2. The number of carbonyl (C=O) groups is 2. The van der Waals surface area contributed by atoms with Gasteiger partial charge < -0.3 is 15.3 Å². The van der Waals surface area contributed by atoms with E-state index in [2.05, 4.69) is 21.2 Å². The summed E-state index contributed by atoms with van der Waals surface area (Å²) in [7, 11) is 0. The lowest BCUT2D eigenvalue weighted by Gasteiger charge is -2.30. The van der Waals surface area contributed by atoms with Crippen molar-refractivity contribution in [2.24, 2.45) is 5.92 Å². The van der Waals surface area contributed by atoms with Gasteiger partial charge in [0, 0.05) is 17.6 Å². The molecule has 2 N–H and O–H groups in total. The van der Waals surface area contributed by atoms with Crippen molar-refractivity contribution >= 4 is 33.6 Å². The molecule has 2 rings (SSSR count). The SMILES string of the molecule is Cc1ccc(Br)c(NC(=O)N2CCC[C@@H](C(=O)O)C2)c1. The first kappa shape index (κ1) is 14.8. The molecule has 1 aliphatic rings. The standard InChI is InChI=1S/C14H17BrN2O3/c1-9-4-5-11(15)12(7-9)16-14(20)17-6-2-3-10(8-17)13(18)19/h4-5,7,10H,2-3,6,8H2,1H3,(H,16,20)(H,18,19)/t10-/m1/s1. The highest BCUT2D eigenvalue weighted by Gasteiger charge is 2.28. The van der Waals surface area contributed by atoms with Gasteiger partial charge in [0.1, 0.15) is 0 Å². The molecule has 2 amide bonds. The fourth-order valence-corrected chi connectivity index (χ4v) is 2.64. The summed E-state index contributed by atoms with van der Waals surface area (Å²) in [5, 5.41) is 11.9. The van der Waals surface area contributed by atoms with Crippen LogP contribution in [-0.4, -0.2) is 35.1 Å². The number of carboxylic acids is 1. The van der Waals surface area contributed by atoms with Crippen LogP contribution in [0.25, 0.3) is 0 Å². The summed E-state index contributed by atoms with van der Waals surface area (Å²) in [6, 6.07) is 5.45. The first-order chi connectivity index (χ1) is 9.47. The summed E-state index contributed by atoms with van der Waals surface area (Å²) >= 11 is 3.39. The Labute approximate surface area is 126 Å². The second kappa shape index (κ2) is 6.26. The van der Waals surface area contributed by atoms with Gasteiger partial charge in [-0.15, -0.1) is 0 Å². The molecule has 0 bridgehead atoms. The summed E-state index contributed by atoms with van der Waals surface area (Å²) in [5.74, 6) is -1.30. The van der Waals surface area contributed by atoms with Crippen molar-refractivity contribution in [2.45, 2.75) is 19.8 Å². The maximum absolute atomic E-state index is 12.2. The number of carboxylic acid groups (broad SMARTS) is 1. The van der Waals surface area contributed by atoms with E-state index in [0.717, 1.165) is 16.5 Å². The van der Waals surface area contributed by atoms with Crippen LogP contribution in [-0.2, 0) is 4.79 Å². The Morgan fingerprint density at radius 3 is 2.90 bits per heavy atom. The van der Waals surface area contributed by atoms with Crippen LogP contribution in [0.3, 0.4) is 0 Å². The number of aliphatic carboxylic acids is 1. The number of urea groups is 1. The lowest BCUT2D eigenvalue weighted by atomic mass is 9.99. The number of amides is 2. The third kappa shape index (κ3) is 3.50. The van der Waals surface area contributed by atoms with E-state index < -0.39 is 11.9 Å². The maximum Gasteiger partial charge on any atom is 0.321 e. The van der Waals surface area contributed by atoms with Crippen molar-refractivity contribution in [3.05, 3.63) is 28.2 Å². The average molecular weight is 341 g/mol. The molecule has 0 aliphatic carbocycles. The van der Waals surface area contributed by atoms with Gasteiger partial charge in [0.25, 0.3) is 0 Å². The van der Waals surface area contributed by atoms with Crippen LogP contribution in [0, 0.1) is 12.8 Å². The van der Waals surface area contributed by atoms with Crippen LogP contribution in [0.5, 0.6) is 0 Å². The summed E-state index contributed by atoms with van der Waals surface area (Å²) in [6.45, 7) is 2.81. The van der Waals surface area contributed by atoms with Crippen LogP contribution in [0.15, 0.2) is 22.7 Å². The number of benzene rings is 1. The van der Waals surface area contributed by atoms with E-state index in [1.165, 1.54) is 0 Å². The molecular formula is C14H17BrN2O3. The number of nitrogens with zero attached hydrogens (tertiary/aromatic N) is 1. The lowest BCUT2D eigenvalue weighted by Crippen LogP contribution is -2.44. The summed E-state index contributed by atoms with van der Waals surface area (Å²) in [6.07, 6.45) is 1.35. The molecule has 1 fully saturated rings. The normalized spacial score (nSPS) is 18.7. The van der Waals surface area contributed by atoms with Crippen LogP contribution in [0.4, 0.5) is 10.5 Å². The number of anilines is 1. The molecule has 0 aromatic heterocycles. The van der Waals surface area contributed by atoms with E-state index >= 15 is 0 Å². The Balaban J connectivity index is 2.04. The van der Waals surface area contributed by atoms with E-state index in [-0.39, 0.29) is 12.6 Å². The van der Waals surface area contributed by atoms with Gasteiger partial charge in [-0.25, -0.2) is 4.79 Å². The van der Waals surface area contributed by atoms with Gasteiger partial charge in [0.2, 0.25) is 0 Å². The number of piperidine rings is 1. The fourth-order valence-electron chi connectivity index (χ4n) is 2.29. The van der Waals surface area contributed by atoms with Gasteiger partial charge >= 0.3 is 12.0 Å². The minimum atomic E-state index is -0.834. The minimum absolute atomic E-state index is 0.248. The fraction of sp³-hybridized carbons (Fsp3) is 0.429. The highest BCUT2D eigenvalue weighted by atomic mass is 79.9. The van der Waals surface area contributed by atoms with E-state index in [1.807, 2.05) is 25.1 Å². The van der Waals surface area contributed by atoms with Crippen molar-refractivity contribution < 1.29 is 14.7 Å². The number of carbonyl (C=O) groups excluding carboxylic acids is 1. The molecule has 108 valence electrons. The highest BCUT2D eigenvalue weighted by Crippen LogP contribution is 2.24. The molecule has 6 heteroatoms. The van der Waals surface area contributed by atoms with Gasteiger partial charge in [-0.1, -0.05) is 6.07 Å². The number of aryl methyl sites for hydroxylation is 1. The number of halogens is 1. The predicted molar refractivity (Wildman–Crippen MR) is 79.8 cm³/mol. The van der Waals surface area contributed by atoms with Crippen LogP contribution >= 0.6 is 15.9 Å². The van der Waals surface area contributed by atoms with Gasteiger partial charge in [0.15, 0.2) is 0 Å². The third-order valence-electron chi connectivity index (χ3n) is 3.42. The Hall–Kier alpha value is -1.56. The van der Waals surface area contributed by atoms with Crippen molar-refractivity contribution in [1.29, 1.82) is 0 Å². The van der Waals surface area contributed by atoms with E-state index in [0.29, 0.717) is 18.7 Å². The Bertz CT molecular complexity index is 533. The van der Waals surface area contributed by atoms with Gasteiger partial charge in [0.05, 0.1) is 11.6 Å². The molecule has 0 unspecified atom stereocenters. The van der Waals surface area contributed by atoms with Crippen molar-refractivity contribution in [3.63, 3.8) is 0 Å². The summed E-state index contributed by atoms with van der Waals surface area (Å²) < 4.78 is 0.809. The summed E-state index contributed by atoms with van der Waals surface area (Å²) in [5.41, 5.74) is 1.75. The second-order valence-electron chi connectivity index (χ2n) is 5.04. The highest BCUT2D eigenvalue weighted by molar-refractivity contribution is 9.10. The molecule has 0 radical (unpaired) electrons. The third-order valence-corrected chi connectivity index (χ3v) is 4.11. The number of nitrogens with one attached hydrogen (secondary N) is 1. The van der Waals surface area contributed by atoms with Crippen LogP contribution in [0.2, 0.25) is 0 Å². The van der Waals surface area contributed by atoms with Crippen LogP contribution in [0.1, 0.15) is 18.4 Å². The second-order valence-corrected chi connectivity index (χ2v) is 5.89. The first-order valence-electron chi connectivity index (χ1n) is 6.52. The van der Waals surface area contributed by atoms with Crippen molar-refractivity contribution in [3.8, 4) is 0 Å². The summed E-state index contributed by atoms with van der Waals surface area (Å²) in [4.78, 5) is 24.8. The molecule has 1 aliphatic heterocycles. The molecule has 0 spiro atoms. The first-order valence-corrected chi connectivity index (χ1v) is 7.31. The van der Waals surface area contributed by atoms with Crippen molar-refractivity contribution in [1.82, 2.24) is 4.90 Å². The minimum Gasteiger partial charge on any atom is -0.481 e. The predicted octanol–water partition coefficient (Wildman–Crippen LogP) is 3.09. The Morgan fingerprint density at radius 2 is 2.20 bits per heavy atom. The number of hydrogen-bond acceptors (Lipinski definition) is 2. The molecule has 0 saturated carbocycles. The zero-order valence-electron chi connectivity index (χ0n) is 11.2. The Kier molecular flexibility index (Phi) is 4.65. The topological polar surface area (TPSA) is 69.6 Å². The lowest BCUT2D eigenvalue weighted by molar-refractivity contribution is -0.143. The van der Waals surface area contributed by atoms with E-state index in [9.17, 15) is 9.59 Å². The smallest absolute Gasteiger partial charge is 0.321 e. The molecule has 1 aromatic carbocycles. The number of rotatable bonds is 2. The molecule has 1 atom stereocenters. The van der Waals surface area contributed by atoms with Gasteiger partial charge in [-0.2, -0.15) is 0 Å². The number of hydrogen-bond donors (Lipinski definition) is 2. The van der Waals surface area contributed by atoms with Crippen molar-refractivity contribution in [2.75, 3.05) is 18.4 Å².